The predicted octanol–water partition coefficient (Wildman–Crippen LogP) is 0.250. The molecule has 1 saturated heterocycles. The van der Waals surface area contributed by atoms with Gasteiger partial charge in [-0.25, -0.2) is 9.78 Å². The van der Waals surface area contributed by atoms with Crippen LogP contribution in [-0.4, -0.2) is 55.0 Å². The van der Waals surface area contributed by atoms with Gasteiger partial charge in [-0.3, -0.25) is 14.5 Å². The number of halogens is 1. The molecule has 2 amide bonds. The third kappa shape index (κ3) is 3.18. The maximum absolute atomic E-state index is 12.4. The lowest BCUT2D eigenvalue weighted by atomic mass is 10.0. The summed E-state index contributed by atoms with van der Waals surface area (Å²) in [7, 11) is 0. The van der Waals surface area contributed by atoms with E-state index in [9.17, 15) is 24.6 Å². The van der Waals surface area contributed by atoms with E-state index in [-0.39, 0.29) is 16.5 Å². The Kier molecular flexibility index (Phi) is 5.23. The van der Waals surface area contributed by atoms with E-state index in [1.807, 2.05) is 0 Å². The van der Waals surface area contributed by atoms with Crippen LogP contribution in [0.25, 0.3) is 0 Å². The lowest BCUT2D eigenvalue weighted by Crippen LogP contribution is -2.70. The Morgan fingerprint density at radius 1 is 1.54 bits per heavy atom. The number of anilines is 1. The Labute approximate surface area is 160 Å². The van der Waals surface area contributed by atoms with Crippen LogP contribution in [0.5, 0.6) is 0 Å². The molecule has 138 valence electrons. The highest BCUT2D eigenvalue weighted by Gasteiger charge is 2.54. The van der Waals surface area contributed by atoms with Crippen molar-refractivity contribution in [2.24, 2.45) is 0 Å². The molecule has 0 radical (unpaired) electrons. The summed E-state index contributed by atoms with van der Waals surface area (Å²) in [4.78, 5) is 41.0. The quantitative estimate of drug-likeness (QED) is 0.499. The number of carboxylic acids is 1. The second-order valence-electron chi connectivity index (χ2n) is 5.38. The standard InChI is InChI=1S/C14H13ClN4O5S2/c15-2-1-5-3-25-12-7(11(22)19(12)8(5)13(23)24)18-10(21)9(20)6-4-26-14(16)17-6/h1-2,4,7,9,12,20H,3H2,(H2,16,17)(H,18,21)(H,23,24)/b2-1+/t7?,9?,12-/m1/s1. The van der Waals surface area contributed by atoms with Gasteiger partial charge in [0.2, 0.25) is 0 Å². The third-order valence-corrected chi connectivity index (χ3v) is 5.95. The molecule has 0 saturated carbocycles. The average Bonchev–Trinajstić information content (AvgIpc) is 3.04. The van der Waals surface area contributed by atoms with Crippen molar-refractivity contribution < 1.29 is 24.6 Å². The largest absolute Gasteiger partial charge is 0.477 e. The number of β-lactam (4-membered cyclic amide) rings is 1. The van der Waals surface area contributed by atoms with Gasteiger partial charge in [0.25, 0.3) is 11.8 Å². The first-order valence-electron chi connectivity index (χ1n) is 7.22. The number of nitrogens with two attached hydrogens (primary N) is 1. The van der Waals surface area contributed by atoms with E-state index < -0.39 is 35.3 Å². The summed E-state index contributed by atoms with van der Waals surface area (Å²) in [6, 6.07) is -0.936. The smallest absolute Gasteiger partial charge is 0.352 e. The first-order valence-corrected chi connectivity index (χ1v) is 9.59. The van der Waals surface area contributed by atoms with Crippen LogP contribution in [0, 0.1) is 0 Å². The van der Waals surface area contributed by atoms with Crippen molar-refractivity contribution in [2.75, 3.05) is 11.5 Å². The Morgan fingerprint density at radius 2 is 2.27 bits per heavy atom. The summed E-state index contributed by atoms with van der Waals surface area (Å²) in [5, 5.41) is 22.9. The molecule has 0 aromatic carbocycles. The van der Waals surface area contributed by atoms with Crippen LogP contribution in [0.1, 0.15) is 11.8 Å². The summed E-state index contributed by atoms with van der Waals surface area (Å²) in [5.74, 6) is -2.31. The van der Waals surface area contributed by atoms with Crippen molar-refractivity contribution in [3.05, 3.63) is 34.0 Å². The first-order chi connectivity index (χ1) is 12.3. The molecule has 3 heterocycles. The minimum atomic E-state index is -1.57. The Hall–Kier alpha value is -2.08. The van der Waals surface area contributed by atoms with E-state index in [4.69, 9.17) is 17.3 Å². The summed E-state index contributed by atoms with van der Waals surface area (Å²) in [6.45, 7) is 0. The van der Waals surface area contributed by atoms with Crippen LogP contribution >= 0.6 is 34.7 Å². The van der Waals surface area contributed by atoms with E-state index in [0.717, 1.165) is 16.2 Å². The molecule has 26 heavy (non-hydrogen) atoms. The molecule has 3 rings (SSSR count). The highest BCUT2D eigenvalue weighted by atomic mass is 35.5. The van der Waals surface area contributed by atoms with Gasteiger partial charge < -0.3 is 21.3 Å². The SMILES string of the molecule is Nc1nc(C(O)C(=O)NC2C(=O)N3C(C(=O)O)=C(/C=C/Cl)CS[C@H]23)cs1. The van der Waals surface area contributed by atoms with Gasteiger partial charge in [-0.05, 0) is 11.6 Å². The van der Waals surface area contributed by atoms with Crippen molar-refractivity contribution in [1.82, 2.24) is 15.2 Å². The van der Waals surface area contributed by atoms with Crippen LogP contribution in [-0.2, 0) is 14.4 Å². The molecule has 1 aromatic heterocycles. The number of carbonyl (C=O) groups is 3. The van der Waals surface area contributed by atoms with Gasteiger partial charge in [0.05, 0.1) is 5.69 Å². The molecule has 5 N–H and O–H groups in total. The van der Waals surface area contributed by atoms with Gasteiger partial charge in [0.1, 0.15) is 17.1 Å². The Morgan fingerprint density at radius 3 is 2.85 bits per heavy atom. The number of aromatic nitrogens is 1. The molecule has 1 aromatic rings. The van der Waals surface area contributed by atoms with Crippen molar-refractivity contribution in [3.8, 4) is 0 Å². The molecule has 0 bridgehead atoms. The lowest BCUT2D eigenvalue weighted by molar-refractivity contribution is -0.151. The number of nitrogens with one attached hydrogen (secondary N) is 1. The number of amides is 2. The second kappa shape index (κ2) is 7.27. The van der Waals surface area contributed by atoms with Crippen LogP contribution in [0.15, 0.2) is 28.3 Å². The molecule has 3 atom stereocenters. The molecule has 12 heteroatoms. The predicted molar refractivity (Wildman–Crippen MR) is 96.2 cm³/mol. The summed E-state index contributed by atoms with van der Waals surface area (Å²) < 4.78 is 0. The number of nitrogens with zero attached hydrogens (tertiary/aromatic N) is 2. The fourth-order valence-electron chi connectivity index (χ4n) is 2.64. The zero-order valence-electron chi connectivity index (χ0n) is 13.0. The molecule has 9 nitrogen and oxygen atoms in total. The summed E-state index contributed by atoms with van der Waals surface area (Å²) in [5.41, 5.74) is 6.99. The fraction of sp³-hybridized carbons (Fsp3) is 0.286. The highest BCUT2D eigenvalue weighted by molar-refractivity contribution is 8.00. The monoisotopic (exact) mass is 416 g/mol. The summed E-state index contributed by atoms with van der Waals surface area (Å²) in [6.07, 6.45) is -0.146. The topological polar surface area (TPSA) is 146 Å². The van der Waals surface area contributed by atoms with Crippen molar-refractivity contribution >= 4 is 57.6 Å². The number of aliphatic carboxylic acids is 1. The fourth-order valence-corrected chi connectivity index (χ4v) is 4.69. The number of aliphatic hydroxyl groups is 1. The number of thioether (sulfide) groups is 1. The molecule has 2 aliphatic rings. The van der Waals surface area contributed by atoms with Gasteiger partial charge in [0, 0.05) is 16.7 Å². The minimum Gasteiger partial charge on any atom is -0.477 e. The van der Waals surface area contributed by atoms with Crippen LogP contribution < -0.4 is 11.1 Å². The van der Waals surface area contributed by atoms with Gasteiger partial charge in [-0.1, -0.05) is 11.6 Å². The van der Waals surface area contributed by atoms with Crippen molar-refractivity contribution in [3.63, 3.8) is 0 Å². The zero-order chi connectivity index (χ0) is 19.0. The third-order valence-electron chi connectivity index (χ3n) is 3.83. The number of carbonyl (C=O) groups excluding carboxylic acids is 2. The normalized spacial score (nSPS) is 23.6. The average molecular weight is 417 g/mol. The van der Waals surface area contributed by atoms with Crippen molar-refractivity contribution in [2.45, 2.75) is 17.5 Å². The van der Waals surface area contributed by atoms with Gasteiger partial charge in [-0.2, -0.15) is 0 Å². The number of hydrogen-bond donors (Lipinski definition) is 4. The highest BCUT2D eigenvalue weighted by Crippen LogP contribution is 2.40. The second-order valence-corrected chi connectivity index (χ2v) is 7.63. The van der Waals surface area contributed by atoms with Crippen LogP contribution in [0.3, 0.4) is 0 Å². The first kappa shape index (κ1) is 18.7. The molecular weight excluding hydrogens is 404 g/mol. The van der Waals surface area contributed by atoms with Gasteiger partial charge in [0.15, 0.2) is 11.2 Å². The van der Waals surface area contributed by atoms with E-state index in [0.29, 0.717) is 11.3 Å². The number of allylic oxidation sites excluding steroid dienone is 1. The maximum Gasteiger partial charge on any atom is 0.352 e. The number of thiazole rings is 1. The van der Waals surface area contributed by atoms with Crippen LogP contribution in [0.2, 0.25) is 0 Å². The molecule has 1 fully saturated rings. The van der Waals surface area contributed by atoms with Gasteiger partial charge >= 0.3 is 5.97 Å². The van der Waals surface area contributed by atoms with E-state index in [1.165, 1.54) is 28.8 Å². The Bertz CT molecular complexity index is 839. The lowest BCUT2D eigenvalue weighted by Gasteiger charge is -2.49. The number of nitrogen functional groups attached to an aromatic ring is 1. The minimum absolute atomic E-state index is 0.0885. The van der Waals surface area contributed by atoms with E-state index >= 15 is 0 Å². The molecule has 2 aliphatic heterocycles. The Balaban J connectivity index is 1.74. The summed E-state index contributed by atoms with van der Waals surface area (Å²) >= 11 is 7.88. The number of aliphatic hydroxyl groups excluding tert-OH is 1. The maximum atomic E-state index is 12.4. The molecule has 2 unspecified atom stereocenters. The van der Waals surface area contributed by atoms with Crippen molar-refractivity contribution in [1.29, 1.82) is 0 Å². The number of hydrogen-bond acceptors (Lipinski definition) is 8. The van der Waals surface area contributed by atoms with Gasteiger partial charge in [-0.15, -0.1) is 23.1 Å². The number of carboxylic acid groups (broad SMARTS) is 1. The molecule has 0 aliphatic carbocycles. The molecule has 0 spiro atoms. The number of fused-ring (bicyclic) bond motifs is 1. The number of rotatable bonds is 5. The van der Waals surface area contributed by atoms with E-state index in [2.05, 4.69) is 10.3 Å². The van der Waals surface area contributed by atoms with E-state index in [1.54, 1.807) is 0 Å². The molecular formula is C14H13ClN4O5S2. The zero-order valence-corrected chi connectivity index (χ0v) is 15.3. The van der Waals surface area contributed by atoms with Crippen LogP contribution in [0.4, 0.5) is 5.13 Å².